The molecule has 2 aromatic rings. The zero-order valence-corrected chi connectivity index (χ0v) is 14.7. The first-order chi connectivity index (χ1) is 12.1. The molecule has 0 aliphatic carbocycles. The topological polar surface area (TPSA) is 80.3 Å². The van der Waals surface area contributed by atoms with E-state index in [1.165, 1.54) is 0 Å². The van der Waals surface area contributed by atoms with Crippen LogP contribution in [-0.4, -0.2) is 45.7 Å². The van der Waals surface area contributed by atoms with E-state index in [2.05, 4.69) is 15.2 Å². The molecule has 25 heavy (non-hydrogen) atoms. The second-order valence-electron chi connectivity index (χ2n) is 6.29. The van der Waals surface area contributed by atoms with Crippen molar-refractivity contribution in [2.45, 2.75) is 32.2 Å². The maximum Gasteiger partial charge on any atom is 0.227 e. The molecule has 0 unspecified atom stereocenters. The van der Waals surface area contributed by atoms with Gasteiger partial charge in [0, 0.05) is 17.6 Å². The summed E-state index contributed by atoms with van der Waals surface area (Å²) >= 11 is 6.33. The first-order valence-electron chi connectivity index (χ1n) is 8.38. The van der Waals surface area contributed by atoms with Crippen LogP contribution in [-0.2, 0) is 11.2 Å². The van der Waals surface area contributed by atoms with Crippen LogP contribution in [0.3, 0.4) is 0 Å². The Morgan fingerprint density at radius 1 is 1.36 bits per heavy atom. The fourth-order valence-electron chi connectivity index (χ4n) is 3.35. The summed E-state index contributed by atoms with van der Waals surface area (Å²) < 4.78 is 11.1. The lowest BCUT2D eigenvalue weighted by Gasteiger charge is -2.24. The van der Waals surface area contributed by atoms with Gasteiger partial charge in [-0.3, -0.25) is 9.89 Å². The number of ether oxygens (including phenoxy) is 2. The maximum atomic E-state index is 12.9. The molecule has 1 fully saturated rings. The van der Waals surface area contributed by atoms with Crippen LogP contribution in [0, 0.1) is 6.92 Å². The highest BCUT2D eigenvalue weighted by Crippen LogP contribution is 2.36. The molecule has 1 aromatic heterocycles. The van der Waals surface area contributed by atoms with Crippen molar-refractivity contribution in [3.8, 4) is 11.5 Å². The minimum absolute atomic E-state index is 0.0172. The number of nitrogens with one attached hydrogen (secondary N) is 1. The molecule has 132 valence electrons. The van der Waals surface area contributed by atoms with Gasteiger partial charge in [0.1, 0.15) is 19.0 Å². The van der Waals surface area contributed by atoms with Crippen molar-refractivity contribution in [1.29, 1.82) is 0 Å². The number of fused-ring (bicyclic) bond motifs is 1. The van der Waals surface area contributed by atoms with Crippen LogP contribution >= 0.6 is 11.6 Å². The molecule has 2 aliphatic rings. The van der Waals surface area contributed by atoms with Crippen molar-refractivity contribution in [2.75, 3.05) is 19.8 Å². The lowest BCUT2D eigenvalue weighted by molar-refractivity contribution is -0.131. The summed E-state index contributed by atoms with van der Waals surface area (Å²) in [6.45, 7) is 3.57. The van der Waals surface area contributed by atoms with Crippen LogP contribution in [0.25, 0.3) is 0 Å². The Balaban J connectivity index is 1.53. The van der Waals surface area contributed by atoms with Gasteiger partial charge in [-0.15, -0.1) is 0 Å². The molecule has 0 saturated carbocycles. The Labute approximate surface area is 150 Å². The lowest BCUT2D eigenvalue weighted by atomic mass is 10.1. The van der Waals surface area contributed by atoms with E-state index in [0.717, 1.165) is 24.2 Å². The van der Waals surface area contributed by atoms with E-state index in [-0.39, 0.29) is 18.4 Å². The van der Waals surface area contributed by atoms with Crippen LogP contribution in [0.1, 0.15) is 36.1 Å². The summed E-state index contributed by atoms with van der Waals surface area (Å²) in [6.07, 6.45) is 2.03. The quantitative estimate of drug-likeness (QED) is 0.907. The van der Waals surface area contributed by atoms with Gasteiger partial charge in [0.15, 0.2) is 17.3 Å². The van der Waals surface area contributed by atoms with Crippen molar-refractivity contribution in [3.63, 3.8) is 0 Å². The molecule has 0 radical (unpaired) electrons. The van der Waals surface area contributed by atoms with Crippen LogP contribution < -0.4 is 9.47 Å². The van der Waals surface area contributed by atoms with Crippen LogP contribution in [0.5, 0.6) is 11.5 Å². The van der Waals surface area contributed by atoms with Gasteiger partial charge in [-0.1, -0.05) is 11.6 Å². The normalized spacial score (nSPS) is 19.3. The summed E-state index contributed by atoms with van der Waals surface area (Å²) in [5.41, 5.74) is 0.743. The van der Waals surface area contributed by atoms with Gasteiger partial charge in [0.25, 0.3) is 0 Å². The van der Waals surface area contributed by atoms with Crippen molar-refractivity contribution in [1.82, 2.24) is 20.1 Å². The highest BCUT2D eigenvalue weighted by atomic mass is 35.5. The van der Waals surface area contributed by atoms with E-state index in [4.69, 9.17) is 21.1 Å². The van der Waals surface area contributed by atoms with Crippen LogP contribution in [0.4, 0.5) is 0 Å². The SMILES string of the molecule is Cc1nc([C@H]2CCCN2C(=O)Cc2cc3c(cc2Cl)OCCO3)n[nH]1. The molecule has 0 bridgehead atoms. The third-order valence-electron chi connectivity index (χ3n) is 4.54. The number of hydrogen-bond acceptors (Lipinski definition) is 5. The number of hydrogen-bond donors (Lipinski definition) is 1. The number of amides is 1. The number of aromatic amines is 1. The molecular formula is C17H19ClN4O3. The molecule has 3 heterocycles. The third-order valence-corrected chi connectivity index (χ3v) is 4.89. The Morgan fingerprint density at radius 3 is 2.84 bits per heavy atom. The van der Waals surface area contributed by atoms with Gasteiger partial charge in [-0.25, -0.2) is 4.98 Å². The molecule has 4 rings (SSSR count). The zero-order chi connectivity index (χ0) is 17.4. The van der Waals surface area contributed by atoms with Gasteiger partial charge >= 0.3 is 0 Å². The van der Waals surface area contributed by atoms with E-state index in [1.807, 2.05) is 11.8 Å². The fourth-order valence-corrected chi connectivity index (χ4v) is 3.57. The predicted octanol–water partition coefficient (Wildman–Crippen LogP) is 2.44. The molecule has 1 saturated heterocycles. The number of aromatic nitrogens is 3. The van der Waals surface area contributed by atoms with E-state index in [1.54, 1.807) is 12.1 Å². The third kappa shape index (κ3) is 3.16. The Kier molecular flexibility index (Phi) is 4.25. The zero-order valence-electron chi connectivity index (χ0n) is 13.9. The average Bonchev–Trinajstić information content (AvgIpc) is 3.24. The van der Waals surface area contributed by atoms with Crippen molar-refractivity contribution >= 4 is 17.5 Å². The maximum absolute atomic E-state index is 12.9. The summed E-state index contributed by atoms with van der Waals surface area (Å²) in [6, 6.07) is 3.45. The molecule has 1 aromatic carbocycles. The fraction of sp³-hybridized carbons (Fsp3) is 0.471. The molecule has 8 heteroatoms. The van der Waals surface area contributed by atoms with E-state index in [0.29, 0.717) is 42.1 Å². The standard InChI is InChI=1S/C17H19ClN4O3/c1-10-19-17(21-20-10)13-3-2-4-22(13)16(23)8-11-7-14-15(9-12(11)18)25-6-5-24-14/h7,9,13H,2-6,8H2,1H3,(H,19,20,21)/t13-/m1/s1. The molecule has 1 atom stereocenters. The minimum Gasteiger partial charge on any atom is -0.486 e. The van der Waals surface area contributed by atoms with Gasteiger partial charge in [-0.05, 0) is 31.4 Å². The number of likely N-dealkylation sites (tertiary alicyclic amines) is 1. The molecule has 0 spiro atoms. The monoisotopic (exact) mass is 362 g/mol. The number of carbonyl (C=O) groups is 1. The summed E-state index contributed by atoms with van der Waals surface area (Å²) in [7, 11) is 0. The second kappa shape index (κ2) is 6.55. The van der Waals surface area contributed by atoms with Gasteiger partial charge in [-0.2, -0.15) is 5.10 Å². The summed E-state index contributed by atoms with van der Waals surface area (Å²) in [4.78, 5) is 19.1. The van der Waals surface area contributed by atoms with Crippen molar-refractivity contribution in [3.05, 3.63) is 34.4 Å². The number of benzene rings is 1. The molecule has 2 aliphatic heterocycles. The number of aryl methyl sites for hydroxylation is 1. The highest BCUT2D eigenvalue weighted by molar-refractivity contribution is 6.31. The Morgan fingerprint density at radius 2 is 2.12 bits per heavy atom. The first kappa shape index (κ1) is 16.2. The lowest BCUT2D eigenvalue weighted by Crippen LogP contribution is -2.32. The predicted molar refractivity (Wildman–Crippen MR) is 91.0 cm³/mol. The van der Waals surface area contributed by atoms with E-state index < -0.39 is 0 Å². The second-order valence-corrected chi connectivity index (χ2v) is 6.70. The van der Waals surface area contributed by atoms with Crippen molar-refractivity contribution in [2.24, 2.45) is 0 Å². The Bertz CT molecular complexity index is 807. The van der Waals surface area contributed by atoms with Gasteiger partial charge in [0.2, 0.25) is 5.91 Å². The molecular weight excluding hydrogens is 344 g/mol. The minimum atomic E-state index is -0.0755. The molecule has 7 nitrogen and oxygen atoms in total. The number of carbonyl (C=O) groups excluding carboxylic acids is 1. The van der Waals surface area contributed by atoms with Gasteiger partial charge < -0.3 is 14.4 Å². The number of rotatable bonds is 3. The first-order valence-corrected chi connectivity index (χ1v) is 8.76. The molecule has 1 N–H and O–H groups in total. The number of H-pyrrole nitrogens is 1. The van der Waals surface area contributed by atoms with Crippen LogP contribution in [0.2, 0.25) is 5.02 Å². The highest BCUT2D eigenvalue weighted by Gasteiger charge is 2.33. The largest absolute Gasteiger partial charge is 0.486 e. The number of nitrogens with zero attached hydrogens (tertiary/aromatic N) is 3. The van der Waals surface area contributed by atoms with Gasteiger partial charge in [0.05, 0.1) is 12.5 Å². The van der Waals surface area contributed by atoms with E-state index >= 15 is 0 Å². The van der Waals surface area contributed by atoms with Crippen molar-refractivity contribution < 1.29 is 14.3 Å². The Hall–Kier alpha value is -2.28. The average molecular weight is 363 g/mol. The summed E-state index contributed by atoms with van der Waals surface area (Å²) in [5.74, 6) is 2.72. The smallest absolute Gasteiger partial charge is 0.227 e. The number of halogens is 1. The van der Waals surface area contributed by atoms with E-state index in [9.17, 15) is 4.79 Å². The molecule has 1 amide bonds. The summed E-state index contributed by atoms with van der Waals surface area (Å²) in [5, 5.41) is 7.58. The van der Waals surface area contributed by atoms with Crippen LogP contribution in [0.15, 0.2) is 12.1 Å².